The first-order chi connectivity index (χ1) is 4.88. The Bertz CT molecular complexity index is 264. The summed E-state index contributed by atoms with van der Waals surface area (Å²) in [5, 5.41) is 2.97. The van der Waals surface area contributed by atoms with Crippen LogP contribution in [0.15, 0.2) is 16.9 Å². The highest BCUT2D eigenvalue weighted by Crippen LogP contribution is 2.13. The number of Topliss-reactive ketones (excluding diaryl/α,β-unsaturated/α-hetero) is 1. The molecule has 1 aliphatic heterocycles. The van der Waals surface area contributed by atoms with Gasteiger partial charge in [-0.05, 0) is 0 Å². The Balaban J connectivity index is 2.50. The summed E-state index contributed by atoms with van der Waals surface area (Å²) in [6.07, 6.45) is 3.12. The molecule has 1 aliphatic rings. The lowest BCUT2D eigenvalue weighted by atomic mass is 10.1. The number of fused-ring (bicyclic) bond motifs is 1. The van der Waals surface area contributed by atoms with E-state index in [0.29, 0.717) is 6.54 Å². The third-order valence-electron chi connectivity index (χ3n) is 1.64. The molecule has 0 saturated heterocycles. The van der Waals surface area contributed by atoms with Crippen molar-refractivity contribution >= 4 is 5.78 Å². The monoisotopic (exact) mass is 137 g/mol. The minimum absolute atomic E-state index is 0.120. The number of rotatable bonds is 0. The molecule has 0 unspecified atom stereocenters. The van der Waals surface area contributed by atoms with Gasteiger partial charge in [0.15, 0.2) is 5.78 Å². The normalized spacial score (nSPS) is 17.0. The fourth-order valence-corrected chi connectivity index (χ4v) is 1.11. The lowest BCUT2D eigenvalue weighted by Crippen LogP contribution is -2.28. The van der Waals surface area contributed by atoms with Crippen LogP contribution < -0.4 is 5.32 Å². The van der Waals surface area contributed by atoms with E-state index in [1.54, 1.807) is 6.26 Å². The average molecular weight is 137 g/mol. The van der Waals surface area contributed by atoms with Gasteiger partial charge in [0.2, 0.25) is 0 Å². The Morgan fingerprint density at radius 2 is 2.30 bits per heavy atom. The Labute approximate surface area is 58.0 Å². The molecule has 0 saturated carbocycles. The lowest BCUT2D eigenvalue weighted by Gasteiger charge is -2.08. The SMILES string of the molecule is O=C1CNCc2cocc21. The molecule has 0 aromatic carbocycles. The first-order valence-electron chi connectivity index (χ1n) is 3.17. The Morgan fingerprint density at radius 1 is 1.40 bits per heavy atom. The van der Waals surface area contributed by atoms with Gasteiger partial charge in [-0.25, -0.2) is 0 Å². The van der Waals surface area contributed by atoms with E-state index in [9.17, 15) is 4.79 Å². The molecule has 10 heavy (non-hydrogen) atoms. The van der Waals surface area contributed by atoms with E-state index in [1.165, 1.54) is 6.26 Å². The fourth-order valence-electron chi connectivity index (χ4n) is 1.11. The smallest absolute Gasteiger partial charge is 0.180 e. The summed E-state index contributed by atoms with van der Waals surface area (Å²) in [7, 11) is 0. The van der Waals surface area contributed by atoms with E-state index in [1.807, 2.05) is 0 Å². The lowest BCUT2D eigenvalue weighted by molar-refractivity contribution is 0.0982. The van der Waals surface area contributed by atoms with Crippen molar-refractivity contribution in [3.63, 3.8) is 0 Å². The molecular formula is C7H7NO2. The van der Waals surface area contributed by atoms with Crippen molar-refractivity contribution in [2.24, 2.45) is 0 Å². The Morgan fingerprint density at radius 3 is 3.10 bits per heavy atom. The van der Waals surface area contributed by atoms with Crippen LogP contribution in [0.2, 0.25) is 0 Å². The summed E-state index contributed by atoms with van der Waals surface area (Å²) in [4.78, 5) is 11.0. The number of furan rings is 1. The molecule has 2 rings (SSSR count). The zero-order chi connectivity index (χ0) is 6.97. The summed E-state index contributed by atoms with van der Waals surface area (Å²) >= 11 is 0. The van der Waals surface area contributed by atoms with Gasteiger partial charge in [-0.15, -0.1) is 0 Å². The van der Waals surface area contributed by atoms with E-state index in [0.717, 1.165) is 17.7 Å². The predicted octanol–water partition coefficient (Wildman–Crippen LogP) is 0.565. The topological polar surface area (TPSA) is 42.2 Å². The zero-order valence-corrected chi connectivity index (χ0v) is 5.39. The van der Waals surface area contributed by atoms with Crippen molar-refractivity contribution in [1.29, 1.82) is 0 Å². The third-order valence-corrected chi connectivity index (χ3v) is 1.64. The van der Waals surface area contributed by atoms with Gasteiger partial charge in [0, 0.05) is 12.1 Å². The van der Waals surface area contributed by atoms with Gasteiger partial charge < -0.3 is 9.73 Å². The van der Waals surface area contributed by atoms with E-state index < -0.39 is 0 Å². The summed E-state index contributed by atoms with van der Waals surface area (Å²) < 4.78 is 4.88. The van der Waals surface area contributed by atoms with Crippen molar-refractivity contribution in [2.45, 2.75) is 6.54 Å². The van der Waals surface area contributed by atoms with Crippen LogP contribution in [0.5, 0.6) is 0 Å². The third kappa shape index (κ3) is 0.675. The summed E-state index contributed by atoms with van der Waals surface area (Å²) in [5.74, 6) is 0.120. The number of nitrogens with one attached hydrogen (secondary N) is 1. The van der Waals surface area contributed by atoms with Crippen LogP contribution in [0.25, 0.3) is 0 Å². The van der Waals surface area contributed by atoms with Gasteiger partial charge in [0.25, 0.3) is 0 Å². The minimum atomic E-state index is 0.120. The highest BCUT2D eigenvalue weighted by Gasteiger charge is 2.17. The highest BCUT2D eigenvalue weighted by molar-refractivity contribution is 5.99. The van der Waals surface area contributed by atoms with Gasteiger partial charge in [-0.1, -0.05) is 0 Å². The number of hydrogen-bond acceptors (Lipinski definition) is 3. The number of hydrogen-bond donors (Lipinski definition) is 1. The number of ketones is 1. The van der Waals surface area contributed by atoms with Crippen molar-refractivity contribution < 1.29 is 9.21 Å². The molecule has 3 nitrogen and oxygen atoms in total. The quantitative estimate of drug-likeness (QED) is 0.568. The molecule has 0 atom stereocenters. The van der Waals surface area contributed by atoms with Crippen LogP contribution in [0.3, 0.4) is 0 Å². The van der Waals surface area contributed by atoms with Crippen molar-refractivity contribution in [3.8, 4) is 0 Å². The van der Waals surface area contributed by atoms with Gasteiger partial charge in [0.1, 0.15) is 6.26 Å². The summed E-state index contributed by atoms with van der Waals surface area (Å²) in [6, 6.07) is 0. The van der Waals surface area contributed by atoms with Crippen LogP contribution in [0.4, 0.5) is 0 Å². The molecule has 0 fully saturated rings. The van der Waals surface area contributed by atoms with Crippen LogP contribution in [-0.4, -0.2) is 12.3 Å². The molecule has 0 spiro atoms. The maximum atomic E-state index is 11.0. The van der Waals surface area contributed by atoms with Crippen molar-refractivity contribution in [2.75, 3.05) is 6.54 Å². The fraction of sp³-hybridized carbons (Fsp3) is 0.286. The van der Waals surface area contributed by atoms with Gasteiger partial charge in [-0.3, -0.25) is 4.79 Å². The largest absolute Gasteiger partial charge is 0.471 e. The Kier molecular flexibility index (Phi) is 1.11. The van der Waals surface area contributed by atoms with Gasteiger partial charge >= 0.3 is 0 Å². The molecular weight excluding hydrogens is 130 g/mol. The highest BCUT2D eigenvalue weighted by atomic mass is 16.3. The first kappa shape index (κ1) is 5.68. The minimum Gasteiger partial charge on any atom is -0.471 e. The van der Waals surface area contributed by atoms with Crippen molar-refractivity contribution in [3.05, 3.63) is 23.7 Å². The molecule has 0 bridgehead atoms. The maximum Gasteiger partial charge on any atom is 0.180 e. The van der Waals surface area contributed by atoms with Crippen LogP contribution in [0, 0.1) is 0 Å². The molecule has 0 radical (unpaired) electrons. The molecule has 52 valence electrons. The van der Waals surface area contributed by atoms with Crippen LogP contribution in [0.1, 0.15) is 15.9 Å². The summed E-state index contributed by atoms with van der Waals surface area (Å²) in [5.41, 5.74) is 1.70. The van der Waals surface area contributed by atoms with Crippen LogP contribution in [-0.2, 0) is 6.54 Å². The average Bonchev–Trinajstić information content (AvgIpc) is 2.36. The summed E-state index contributed by atoms with van der Waals surface area (Å²) in [6.45, 7) is 1.18. The molecule has 2 heterocycles. The standard InChI is InChI=1S/C7H7NO2/c9-7-2-8-1-5-3-10-4-6(5)7/h3-4,8H,1-2H2. The maximum absolute atomic E-state index is 11.0. The van der Waals surface area contributed by atoms with E-state index in [2.05, 4.69) is 5.32 Å². The van der Waals surface area contributed by atoms with E-state index in [-0.39, 0.29) is 5.78 Å². The van der Waals surface area contributed by atoms with Crippen LogP contribution >= 0.6 is 0 Å². The molecule has 0 aliphatic carbocycles. The number of carbonyl (C=O) groups is 1. The van der Waals surface area contributed by atoms with Gasteiger partial charge in [-0.2, -0.15) is 0 Å². The van der Waals surface area contributed by atoms with Gasteiger partial charge in [0.05, 0.1) is 18.4 Å². The first-order valence-corrected chi connectivity index (χ1v) is 3.17. The molecule has 1 N–H and O–H groups in total. The number of carbonyl (C=O) groups excluding carboxylic acids is 1. The molecule has 0 amide bonds. The zero-order valence-electron chi connectivity index (χ0n) is 5.39. The van der Waals surface area contributed by atoms with Crippen molar-refractivity contribution in [1.82, 2.24) is 5.32 Å². The molecule has 1 aromatic rings. The second kappa shape index (κ2) is 1.95. The van der Waals surface area contributed by atoms with E-state index in [4.69, 9.17) is 4.42 Å². The Hall–Kier alpha value is -1.09. The second-order valence-electron chi connectivity index (χ2n) is 2.34. The predicted molar refractivity (Wildman–Crippen MR) is 34.7 cm³/mol. The second-order valence-corrected chi connectivity index (χ2v) is 2.34. The molecule has 3 heteroatoms. The van der Waals surface area contributed by atoms with E-state index >= 15 is 0 Å². The molecule has 1 aromatic heterocycles.